The van der Waals surface area contributed by atoms with Crippen molar-refractivity contribution in [3.05, 3.63) is 0 Å². The number of carbonyl (C=O) groups excluding carboxylic acids is 4. The standard InChI is InChI=1S/C18H30O7/c1-13(2)15(19)7-5-8-16(20)23-11-12-24-17(21)9-6-10-18(22)25-14(3)4/h13-14H,5-12H2,1-4H3. The Kier molecular flexibility index (Phi) is 12.4. The summed E-state index contributed by atoms with van der Waals surface area (Å²) in [4.78, 5) is 45.6. The van der Waals surface area contributed by atoms with Gasteiger partial charge in [-0.05, 0) is 26.7 Å². The van der Waals surface area contributed by atoms with Crippen molar-refractivity contribution in [1.29, 1.82) is 0 Å². The lowest BCUT2D eigenvalue weighted by molar-refractivity contribution is -0.153. The molecule has 0 heterocycles. The molecule has 0 radical (unpaired) electrons. The summed E-state index contributed by atoms with van der Waals surface area (Å²) in [7, 11) is 0. The second-order valence-corrected chi connectivity index (χ2v) is 6.31. The number of rotatable bonds is 13. The molecule has 0 saturated carbocycles. The highest BCUT2D eigenvalue weighted by Crippen LogP contribution is 2.05. The quantitative estimate of drug-likeness (QED) is 0.284. The van der Waals surface area contributed by atoms with Crippen molar-refractivity contribution < 1.29 is 33.4 Å². The van der Waals surface area contributed by atoms with Gasteiger partial charge in [-0.3, -0.25) is 19.2 Å². The average Bonchev–Trinajstić information content (AvgIpc) is 2.50. The van der Waals surface area contributed by atoms with E-state index in [1.54, 1.807) is 13.8 Å². The molecule has 0 atom stereocenters. The number of hydrogen-bond donors (Lipinski definition) is 0. The lowest BCUT2D eigenvalue weighted by Gasteiger charge is -2.08. The Bertz CT molecular complexity index is 441. The molecular formula is C18H30O7. The highest BCUT2D eigenvalue weighted by molar-refractivity contribution is 5.80. The Morgan fingerprint density at radius 3 is 1.56 bits per heavy atom. The molecule has 0 saturated heterocycles. The summed E-state index contributed by atoms with van der Waals surface area (Å²) in [6, 6.07) is 0. The van der Waals surface area contributed by atoms with Crippen molar-refractivity contribution >= 4 is 23.7 Å². The number of ketones is 1. The molecule has 0 aliphatic rings. The van der Waals surface area contributed by atoms with Crippen LogP contribution >= 0.6 is 0 Å². The van der Waals surface area contributed by atoms with E-state index < -0.39 is 11.9 Å². The molecule has 0 amide bonds. The molecule has 7 nitrogen and oxygen atoms in total. The van der Waals surface area contributed by atoms with Crippen LogP contribution in [-0.4, -0.2) is 43.0 Å². The van der Waals surface area contributed by atoms with Crippen molar-refractivity contribution in [3.63, 3.8) is 0 Å². The fourth-order valence-electron chi connectivity index (χ4n) is 1.85. The van der Waals surface area contributed by atoms with Crippen LogP contribution < -0.4 is 0 Å². The van der Waals surface area contributed by atoms with Gasteiger partial charge in [0, 0.05) is 31.6 Å². The molecule has 144 valence electrons. The van der Waals surface area contributed by atoms with Crippen LogP contribution in [0, 0.1) is 5.92 Å². The molecule has 0 aromatic carbocycles. The second-order valence-electron chi connectivity index (χ2n) is 6.31. The molecular weight excluding hydrogens is 328 g/mol. The number of esters is 3. The number of carbonyl (C=O) groups is 4. The molecule has 0 spiro atoms. The van der Waals surface area contributed by atoms with Crippen LogP contribution in [0.1, 0.15) is 66.2 Å². The lowest BCUT2D eigenvalue weighted by Crippen LogP contribution is -2.15. The molecule has 0 bridgehead atoms. The zero-order chi connectivity index (χ0) is 19.2. The van der Waals surface area contributed by atoms with Gasteiger partial charge >= 0.3 is 17.9 Å². The monoisotopic (exact) mass is 358 g/mol. The Hall–Kier alpha value is -1.92. The van der Waals surface area contributed by atoms with Gasteiger partial charge in [-0.1, -0.05) is 13.8 Å². The first-order valence-electron chi connectivity index (χ1n) is 8.75. The minimum absolute atomic E-state index is 0.0158. The summed E-state index contributed by atoms with van der Waals surface area (Å²) in [5, 5.41) is 0. The van der Waals surface area contributed by atoms with Gasteiger partial charge in [0.25, 0.3) is 0 Å². The average molecular weight is 358 g/mol. The fourth-order valence-corrected chi connectivity index (χ4v) is 1.85. The topological polar surface area (TPSA) is 96.0 Å². The lowest BCUT2D eigenvalue weighted by atomic mass is 10.0. The molecule has 0 aliphatic carbocycles. The Morgan fingerprint density at radius 1 is 0.680 bits per heavy atom. The smallest absolute Gasteiger partial charge is 0.306 e. The van der Waals surface area contributed by atoms with Crippen LogP contribution in [0.2, 0.25) is 0 Å². The summed E-state index contributed by atoms with van der Waals surface area (Å²) in [6.07, 6.45) is 1.45. The van der Waals surface area contributed by atoms with Gasteiger partial charge in [-0.2, -0.15) is 0 Å². The first-order valence-corrected chi connectivity index (χ1v) is 8.75. The Morgan fingerprint density at radius 2 is 1.12 bits per heavy atom. The molecule has 7 heteroatoms. The van der Waals surface area contributed by atoms with E-state index in [0.717, 1.165) is 0 Å². The molecule has 0 aromatic heterocycles. The molecule has 0 fully saturated rings. The maximum absolute atomic E-state index is 11.4. The van der Waals surface area contributed by atoms with E-state index in [0.29, 0.717) is 19.3 Å². The van der Waals surface area contributed by atoms with Gasteiger partial charge in [-0.25, -0.2) is 0 Å². The second kappa shape index (κ2) is 13.4. The third-order valence-corrected chi connectivity index (χ3v) is 3.19. The van der Waals surface area contributed by atoms with E-state index in [9.17, 15) is 19.2 Å². The van der Waals surface area contributed by atoms with E-state index >= 15 is 0 Å². The van der Waals surface area contributed by atoms with E-state index in [1.165, 1.54) is 0 Å². The molecule has 25 heavy (non-hydrogen) atoms. The summed E-state index contributed by atoms with van der Waals surface area (Å²) >= 11 is 0. The van der Waals surface area contributed by atoms with Crippen molar-refractivity contribution in [2.45, 2.75) is 72.3 Å². The first-order chi connectivity index (χ1) is 11.7. The van der Waals surface area contributed by atoms with Crippen molar-refractivity contribution in [1.82, 2.24) is 0 Å². The van der Waals surface area contributed by atoms with Gasteiger partial charge in [0.15, 0.2) is 0 Å². The summed E-state index contributed by atoms with van der Waals surface area (Å²) < 4.78 is 14.8. The van der Waals surface area contributed by atoms with Gasteiger partial charge in [0.2, 0.25) is 0 Å². The van der Waals surface area contributed by atoms with E-state index in [-0.39, 0.29) is 56.3 Å². The minimum Gasteiger partial charge on any atom is -0.463 e. The Balaban J connectivity index is 3.60. The number of Topliss-reactive ketones (excluding diaryl/α,β-unsaturated/α-hetero) is 1. The molecule has 0 rings (SSSR count). The van der Waals surface area contributed by atoms with Crippen LogP contribution in [0.5, 0.6) is 0 Å². The summed E-state index contributed by atoms with van der Waals surface area (Å²) in [5.74, 6) is -1.10. The SMILES string of the molecule is CC(C)OC(=O)CCCC(=O)OCCOC(=O)CCCC(=O)C(C)C. The van der Waals surface area contributed by atoms with E-state index in [1.807, 2.05) is 13.8 Å². The van der Waals surface area contributed by atoms with Gasteiger partial charge in [-0.15, -0.1) is 0 Å². The molecule has 0 N–H and O–H groups in total. The third-order valence-electron chi connectivity index (χ3n) is 3.19. The largest absolute Gasteiger partial charge is 0.463 e. The molecule has 0 aliphatic heterocycles. The summed E-state index contributed by atoms with van der Waals surface area (Å²) in [6.45, 7) is 7.12. The van der Waals surface area contributed by atoms with Gasteiger partial charge < -0.3 is 14.2 Å². The summed E-state index contributed by atoms with van der Waals surface area (Å²) in [5.41, 5.74) is 0. The highest BCUT2D eigenvalue weighted by Gasteiger charge is 2.11. The maximum Gasteiger partial charge on any atom is 0.306 e. The Labute approximate surface area is 149 Å². The van der Waals surface area contributed by atoms with Crippen LogP contribution in [0.4, 0.5) is 0 Å². The number of ether oxygens (including phenoxy) is 3. The fraction of sp³-hybridized carbons (Fsp3) is 0.778. The highest BCUT2D eigenvalue weighted by atomic mass is 16.6. The van der Waals surface area contributed by atoms with Crippen LogP contribution in [0.15, 0.2) is 0 Å². The number of hydrogen-bond acceptors (Lipinski definition) is 7. The van der Waals surface area contributed by atoms with E-state index in [4.69, 9.17) is 14.2 Å². The van der Waals surface area contributed by atoms with Gasteiger partial charge in [0.05, 0.1) is 6.10 Å². The molecule has 0 unspecified atom stereocenters. The third kappa shape index (κ3) is 14.2. The predicted molar refractivity (Wildman–Crippen MR) is 90.7 cm³/mol. The van der Waals surface area contributed by atoms with Crippen molar-refractivity contribution in [2.75, 3.05) is 13.2 Å². The predicted octanol–water partition coefficient (Wildman–Crippen LogP) is 2.59. The maximum atomic E-state index is 11.4. The normalized spacial score (nSPS) is 10.6. The zero-order valence-corrected chi connectivity index (χ0v) is 15.7. The van der Waals surface area contributed by atoms with Crippen molar-refractivity contribution in [3.8, 4) is 0 Å². The minimum atomic E-state index is -0.448. The van der Waals surface area contributed by atoms with Crippen molar-refractivity contribution in [2.24, 2.45) is 5.92 Å². The van der Waals surface area contributed by atoms with Crippen LogP contribution in [0.3, 0.4) is 0 Å². The van der Waals surface area contributed by atoms with Crippen LogP contribution in [0.25, 0.3) is 0 Å². The first kappa shape index (κ1) is 23.1. The van der Waals surface area contributed by atoms with Gasteiger partial charge in [0.1, 0.15) is 19.0 Å². The molecule has 0 aromatic rings. The van der Waals surface area contributed by atoms with E-state index in [2.05, 4.69) is 0 Å². The zero-order valence-electron chi connectivity index (χ0n) is 15.7. The van der Waals surface area contributed by atoms with Crippen LogP contribution in [-0.2, 0) is 33.4 Å².